The van der Waals surface area contributed by atoms with Crippen LogP contribution in [0.15, 0.2) is 47.8 Å². The first kappa shape index (κ1) is 21.9. The fourth-order valence-corrected chi connectivity index (χ4v) is 6.42. The zero-order valence-corrected chi connectivity index (χ0v) is 20.3. The van der Waals surface area contributed by atoms with Gasteiger partial charge < -0.3 is 9.64 Å². The summed E-state index contributed by atoms with van der Waals surface area (Å²) in [7, 11) is -1.84. The molecule has 2 bridgehead atoms. The summed E-state index contributed by atoms with van der Waals surface area (Å²) >= 11 is 0. The Balaban J connectivity index is 1.43. The number of benzene rings is 1. The number of aryl methyl sites for hydroxylation is 1. The topological polar surface area (TPSA) is 94.4 Å². The fraction of sp³-hybridized carbons (Fsp3) is 0.458. The molecule has 3 fully saturated rings. The third-order valence-corrected chi connectivity index (χ3v) is 8.55. The number of hydrogen-bond donors (Lipinski definition) is 0. The number of rotatable bonds is 5. The minimum absolute atomic E-state index is 0.131. The molecule has 33 heavy (non-hydrogen) atoms. The van der Waals surface area contributed by atoms with Crippen molar-refractivity contribution in [2.75, 3.05) is 11.9 Å². The Labute approximate surface area is 193 Å². The third kappa shape index (κ3) is 3.24. The number of ether oxygens (including phenoxy) is 1. The van der Waals surface area contributed by atoms with Crippen LogP contribution in [0.5, 0.6) is 0 Å². The van der Waals surface area contributed by atoms with Crippen LogP contribution in [0.3, 0.4) is 0 Å². The molecule has 0 atom stereocenters. The van der Waals surface area contributed by atoms with Gasteiger partial charge in [-0.25, -0.2) is 22.4 Å². The molecule has 1 aromatic carbocycles. The Morgan fingerprint density at radius 1 is 1.09 bits per heavy atom. The molecular formula is C24H28N4O4S. The molecular weight excluding hydrogens is 440 g/mol. The summed E-state index contributed by atoms with van der Waals surface area (Å²) in [6, 6.07) is 8.49. The molecule has 0 spiro atoms. The average molecular weight is 469 g/mol. The van der Waals surface area contributed by atoms with Crippen molar-refractivity contribution >= 4 is 32.8 Å². The lowest BCUT2D eigenvalue weighted by molar-refractivity contribution is -0.208. The zero-order valence-electron chi connectivity index (χ0n) is 19.5. The van der Waals surface area contributed by atoms with E-state index < -0.39 is 21.0 Å². The van der Waals surface area contributed by atoms with Gasteiger partial charge in [-0.15, -0.1) is 0 Å². The van der Waals surface area contributed by atoms with Crippen LogP contribution in [0, 0.1) is 12.3 Å². The first-order valence-corrected chi connectivity index (χ1v) is 12.4. The molecule has 6 rings (SSSR count). The van der Waals surface area contributed by atoms with Gasteiger partial charge in [0.15, 0.2) is 5.65 Å². The van der Waals surface area contributed by atoms with Gasteiger partial charge >= 0.3 is 5.97 Å². The lowest BCUT2D eigenvalue weighted by Crippen LogP contribution is -2.77. The Hall–Kier alpha value is -2.94. The second-order valence-corrected chi connectivity index (χ2v) is 12.3. The highest BCUT2D eigenvalue weighted by Gasteiger charge is 2.74. The Kier molecular flexibility index (Phi) is 4.50. The van der Waals surface area contributed by atoms with Crippen molar-refractivity contribution in [3.63, 3.8) is 0 Å². The number of aromatic nitrogens is 3. The highest BCUT2D eigenvalue weighted by molar-refractivity contribution is 7.90. The molecule has 2 aromatic heterocycles. The minimum atomic E-state index is -3.79. The van der Waals surface area contributed by atoms with Crippen LogP contribution in [-0.2, 0) is 19.6 Å². The van der Waals surface area contributed by atoms with Crippen LogP contribution < -0.4 is 4.90 Å². The van der Waals surface area contributed by atoms with Crippen molar-refractivity contribution in [3.05, 3.63) is 48.4 Å². The largest absolute Gasteiger partial charge is 0.460 e. The van der Waals surface area contributed by atoms with Crippen molar-refractivity contribution < 1.29 is 17.9 Å². The van der Waals surface area contributed by atoms with Crippen LogP contribution in [-0.4, -0.2) is 46.5 Å². The van der Waals surface area contributed by atoms with Crippen molar-refractivity contribution in [2.45, 2.75) is 63.0 Å². The number of esters is 1. The first-order valence-electron chi connectivity index (χ1n) is 11.0. The van der Waals surface area contributed by atoms with Gasteiger partial charge in [0.1, 0.15) is 17.7 Å². The normalized spacial score (nSPS) is 24.2. The summed E-state index contributed by atoms with van der Waals surface area (Å²) < 4.78 is 33.3. The monoisotopic (exact) mass is 468 g/mol. The average Bonchev–Trinajstić information content (AvgIpc) is 3.09. The zero-order chi connectivity index (χ0) is 23.8. The van der Waals surface area contributed by atoms with Gasteiger partial charge in [-0.2, -0.15) is 0 Å². The number of carbonyl (C=O) groups is 1. The second kappa shape index (κ2) is 6.79. The molecule has 0 aliphatic heterocycles. The number of fused-ring (bicyclic) bond motifs is 1. The molecule has 174 valence electrons. The van der Waals surface area contributed by atoms with Gasteiger partial charge in [0, 0.05) is 18.8 Å². The number of anilines is 1. The molecule has 9 heteroatoms. The second-order valence-electron chi connectivity index (χ2n) is 10.5. The van der Waals surface area contributed by atoms with Gasteiger partial charge in [0.05, 0.1) is 15.7 Å². The molecule has 0 unspecified atom stereocenters. The van der Waals surface area contributed by atoms with E-state index in [-0.39, 0.29) is 16.4 Å². The summed E-state index contributed by atoms with van der Waals surface area (Å²) in [6.07, 6.45) is 5.04. The van der Waals surface area contributed by atoms with Crippen molar-refractivity contribution in [3.8, 4) is 0 Å². The minimum Gasteiger partial charge on any atom is -0.460 e. The van der Waals surface area contributed by atoms with Crippen molar-refractivity contribution in [1.29, 1.82) is 0 Å². The van der Waals surface area contributed by atoms with E-state index in [4.69, 9.17) is 4.74 Å². The third-order valence-electron chi connectivity index (χ3n) is 6.87. The first-order chi connectivity index (χ1) is 15.4. The van der Waals surface area contributed by atoms with Crippen molar-refractivity contribution in [2.24, 2.45) is 5.41 Å². The number of carbonyl (C=O) groups excluding carboxylic acids is 1. The fourth-order valence-electron chi connectivity index (χ4n) is 5.12. The summed E-state index contributed by atoms with van der Waals surface area (Å²) in [5, 5.41) is 0.659. The standard InChI is InChI=1S/C24H28N4O4S/c1-16-6-8-17(9-7-16)33(30,31)28-11-10-18-19(25-15-26-20(18)28)27(5)24-12-23(13-24,14-24)21(29)32-22(2,3)4/h6-11,15H,12-14H2,1-5H3. The molecule has 2 heterocycles. The molecule has 3 aromatic rings. The highest BCUT2D eigenvalue weighted by Crippen LogP contribution is 2.70. The van der Waals surface area contributed by atoms with E-state index in [1.807, 2.05) is 34.7 Å². The molecule has 0 radical (unpaired) electrons. The van der Waals surface area contributed by atoms with E-state index in [2.05, 4.69) is 14.9 Å². The molecule has 8 nitrogen and oxygen atoms in total. The Bertz CT molecular complexity index is 1350. The van der Waals surface area contributed by atoms with E-state index in [9.17, 15) is 13.2 Å². The molecule has 3 aliphatic carbocycles. The number of nitrogens with zero attached hydrogens (tertiary/aromatic N) is 4. The molecule has 0 N–H and O–H groups in total. The molecule has 3 saturated carbocycles. The van der Waals surface area contributed by atoms with Gasteiger partial charge in [-0.1, -0.05) is 17.7 Å². The Morgan fingerprint density at radius 3 is 2.33 bits per heavy atom. The van der Waals surface area contributed by atoms with E-state index in [0.29, 0.717) is 36.1 Å². The van der Waals surface area contributed by atoms with Crippen LogP contribution >= 0.6 is 0 Å². The van der Waals surface area contributed by atoms with E-state index in [0.717, 1.165) is 5.56 Å². The van der Waals surface area contributed by atoms with E-state index in [1.54, 1.807) is 30.3 Å². The van der Waals surface area contributed by atoms with Crippen LogP contribution in [0.2, 0.25) is 0 Å². The van der Waals surface area contributed by atoms with E-state index in [1.165, 1.54) is 16.5 Å². The van der Waals surface area contributed by atoms with E-state index >= 15 is 0 Å². The molecule has 3 aliphatic rings. The maximum absolute atomic E-state index is 13.2. The predicted molar refractivity (Wildman–Crippen MR) is 125 cm³/mol. The van der Waals surface area contributed by atoms with Crippen LogP contribution in [0.4, 0.5) is 5.82 Å². The lowest BCUT2D eigenvalue weighted by atomic mass is 9.38. The maximum atomic E-state index is 13.2. The Morgan fingerprint density at radius 2 is 1.73 bits per heavy atom. The van der Waals surface area contributed by atoms with Crippen LogP contribution in [0.1, 0.15) is 45.6 Å². The number of hydrogen-bond acceptors (Lipinski definition) is 7. The summed E-state index contributed by atoms with van der Waals surface area (Å²) in [4.78, 5) is 23.7. The smallest absolute Gasteiger partial charge is 0.312 e. The maximum Gasteiger partial charge on any atom is 0.312 e. The lowest BCUT2D eigenvalue weighted by Gasteiger charge is -2.71. The van der Waals surface area contributed by atoms with Crippen molar-refractivity contribution in [1.82, 2.24) is 13.9 Å². The summed E-state index contributed by atoms with van der Waals surface area (Å²) in [5.74, 6) is 0.531. The highest BCUT2D eigenvalue weighted by atomic mass is 32.2. The predicted octanol–water partition coefficient (Wildman–Crippen LogP) is 3.68. The summed E-state index contributed by atoms with van der Waals surface area (Å²) in [5.41, 5.74) is 0.238. The molecule has 0 amide bonds. The van der Waals surface area contributed by atoms with Gasteiger partial charge in [-0.05, 0) is 65.2 Å². The van der Waals surface area contributed by atoms with Gasteiger partial charge in [-0.3, -0.25) is 4.79 Å². The van der Waals surface area contributed by atoms with Gasteiger partial charge in [0.2, 0.25) is 0 Å². The van der Waals surface area contributed by atoms with Gasteiger partial charge in [0.25, 0.3) is 10.0 Å². The molecule has 0 saturated heterocycles. The van der Waals surface area contributed by atoms with Crippen LogP contribution in [0.25, 0.3) is 11.0 Å². The summed E-state index contributed by atoms with van der Waals surface area (Å²) in [6.45, 7) is 7.55. The SMILES string of the molecule is Cc1ccc(S(=O)(=O)n2ccc3c(N(C)C45CC(C(=O)OC(C)(C)C)(C4)C5)ncnc32)cc1. The quantitative estimate of drug-likeness (QED) is 0.527.